The molecule has 0 bridgehead atoms. The maximum Gasteiger partial charge on any atom is 0.204 e. The highest BCUT2D eigenvalue weighted by Crippen LogP contribution is 2.36. The topological polar surface area (TPSA) is 80.5 Å². The number of benzene rings is 1. The molecule has 1 aliphatic carbocycles. The number of hydrogen-bond acceptors (Lipinski definition) is 4. The van der Waals surface area contributed by atoms with Crippen LogP contribution in [-0.4, -0.2) is 26.2 Å². The SMILES string of the molecule is NC1(CCc2cccc(-c3nn[nH]n3)c2)CC1. The highest BCUT2D eigenvalue weighted by Gasteiger charge is 2.37. The second-order valence-corrected chi connectivity index (χ2v) is 4.80. The molecule has 1 aromatic carbocycles. The highest BCUT2D eigenvalue weighted by atomic mass is 15.5. The van der Waals surface area contributed by atoms with Crippen LogP contribution in [0, 0.1) is 0 Å². The quantitative estimate of drug-likeness (QED) is 0.827. The van der Waals surface area contributed by atoms with E-state index in [1.54, 1.807) is 0 Å². The summed E-state index contributed by atoms with van der Waals surface area (Å²) in [5.41, 5.74) is 8.48. The average Bonchev–Trinajstić information content (AvgIpc) is 2.88. The van der Waals surface area contributed by atoms with Crippen molar-refractivity contribution in [3.8, 4) is 11.4 Å². The molecule has 2 aromatic rings. The van der Waals surface area contributed by atoms with Crippen molar-refractivity contribution in [2.45, 2.75) is 31.2 Å². The number of tetrazole rings is 1. The van der Waals surface area contributed by atoms with Crippen molar-refractivity contribution < 1.29 is 0 Å². The molecule has 5 nitrogen and oxygen atoms in total. The van der Waals surface area contributed by atoms with E-state index in [9.17, 15) is 0 Å². The Kier molecular flexibility index (Phi) is 2.40. The first-order chi connectivity index (χ1) is 8.25. The van der Waals surface area contributed by atoms with Gasteiger partial charge in [-0.2, -0.15) is 5.21 Å². The van der Waals surface area contributed by atoms with Crippen molar-refractivity contribution in [3.05, 3.63) is 29.8 Å². The van der Waals surface area contributed by atoms with Crippen LogP contribution in [0.2, 0.25) is 0 Å². The molecule has 3 rings (SSSR count). The minimum atomic E-state index is 0.113. The van der Waals surface area contributed by atoms with Gasteiger partial charge in [-0.05, 0) is 42.5 Å². The minimum Gasteiger partial charge on any atom is -0.325 e. The molecule has 0 atom stereocenters. The van der Waals surface area contributed by atoms with Crippen LogP contribution in [0.1, 0.15) is 24.8 Å². The van der Waals surface area contributed by atoms with Gasteiger partial charge in [0.05, 0.1) is 0 Å². The van der Waals surface area contributed by atoms with Crippen molar-refractivity contribution >= 4 is 0 Å². The number of nitrogens with zero attached hydrogens (tertiary/aromatic N) is 3. The number of nitrogens with two attached hydrogens (primary N) is 1. The van der Waals surface area contributed by atoms with E-state index >= 15 is 0 Å². The van der Waals surface area contributed by atoms with E-state index < -0.39 is 0 Å². The van der Waals surface area contributed by atoms with Gasteiger partial charge in [0.15, 0.2) is 0 Å². The van der Waals surface area contributed by atoms with Crippen molar-refractivity contribution in [1.82, 2.24) is 20.6 Å². The third-order valence-electron chi connectivity index (χ3n) is 3.33. The highest BCUT2D eigenvalue weighted by molar-refractivity contribution is 5.54. The molecule has 0 spiro atoms. The molecule has 0 radical (unpaired) electrons. The zero-order chi connectivity index (χ0) is 11.7. The van der Waals surface area contributed by atoms with Gasteiger partial charge in [0.2, 0.25) is 5.82 Å². The monoisotopic (exact) mass is 229 g/mol. The largest absolute Gasteiger partial charge is 0.325 e. The normalized spacial score (nSPS) is 17.0. The zero-order valence-electron chi connectivity index (χ0n) is 9.56. The van der Waals surface area contributed by atoms with Crippen LogP contribution in [0.4, 0.5) is 0 Å². The van der Waals surface area contributed by atoms with Gasteiger partial charge in [-0.25, -0.2) is 0 Å². The second kappa shape index (κ2) is 3.92. The van der Waals surface area contributed by atoms with Gasteiger partial charge in [-0.1, -0.05) is 18.2 Å². The lowest BCUT2D eigenvalue weighted by Crippen LogP contribution is -2.22. The van der Waals surface area contributed by atoms with Crippen molar-refractivity contribution in [2.24, 2.45) is 5.73 Å². The second-order valence-electron chi connectivity index (χ2n) is 4.80. The van der Waals surface area contributed by atoms with Crippen LogP contribution < -0.4 is 5.73 Å². The number of hydrogen-bond donors (Lipinski definition) is 2. The summed E-state index contributed by atoms with van der Waals surface area (Å²) in [7, 11) is 0. The Morgan fingerprint density at radius 3 is 2.94 bits per heavy atom. The Labute approximate surface area is 99.4 Å². The fraction of sp³-hybridized carbons (Fsp3) is 0.417. The van der Waals surface area contributed by atoms with Crippen LogP contribution >= 0.6 is 0 Å². The van der Waals surface area contributed by atoms with Crippen LogP contribution in [0.15, 0.2) is 24.3 Å². The lowest BCUT2D eigenvalue weighted by Gasteiger charge is -2.08. The van der Waals surface area contributed by atoms with Crippen LogP contribution in [-0.2, 0) is 6.42 Å². The number of aryl methyl sites for hydroxylation is 1. The maximum atomic E-state index is 6.09. The lowest BCUT2D eigenvalue weighted by molar-refractivity contribution is 0.609. The number of aromatic amines is 1. The molecule has 1 aromatic heterocycles. The zero-order valence-corrected chi connectivity index (χ0v) is 9.56. The van der Waals surface area contributed by atoms with Crippen LogP contribution in [0.25, 0.3) is 11.4 Å². The maximum absolute atomic E-state index is 6.09. The number of aromatic nitrogens is 4. The van der Waals surface area contributed by atoms with Gasteiger partial charge in [0.25, 0.3) is 0 Å². The molecule has 1 fully saturated rings. The van der Waals surface area contributed by atoms with E-state index in [2.05, 4.69) is 32.8 Å². The van der Waals surface area contributed by atoms with E-state index in [4.69, 9.17) is 5.73 Å². The first kappa shape index (κ1) is 10.4. The van der Waals surface area contributed by atoms with Crippen LogP contribution in [0.5, 0.6) is 0 Å². The molecule has 1 aliphatic rings. The molecule has 5 heteroatoms. The van der Waals surface area contributed by atoms with E-state index in [1.165, 1.54) is 5.56 Å². The summed E-state index contributed by atoms with van der Waals surface area (Å²) < 4.78 is 0. The number of H-pyrrole nitrogens is 1. The summed E-state index contributed by atoms with van der Waals surface area (Å²) >= 11 is 0. The summed E-state index contributed by atoms with van der Waals surface area (Å²) in [5.74, 6) is 0.640. The van der Waals surface area contributed by atoms with Crippen molar-refractivity contribution in [1.29, 1.82) is 0 Å². The Morgan fingerprint density at radius 2 is 2.24 bits per heavy atom. The molecular weight excluding hydrogens is 214 g/mol. The fourth-order valence-corrected chi connectivity index (χ4v) is 1.95. The first-order valence-electron chi connectivity index (χ1n) is 5.87. The molecule has 3 N–H and O–H groups in total. The van der Waals surface area contributed by atoms with Gasteiger partial charge < -0.3 is 5.73 Å². The predicted octanol–water partition coefficient (Wildman–Crippen LogP) is 1.29. The summed E-state index contributed by atoms with van der Waals surface area (Å²) in [6, 6.07) is 8.24. The van der Waals surface area contributed by atoms with Gasteiger partial charge >= 0.3 is 0 Å². The van der Waals surface area contributed by atoms with Crippen molar-refractivity contribution in [2.75, 3.05) is 0 Å². The van der Waals surface area contributed by atoms with Gasteiger partial charge in [-0.15, -0.1) is 10.2 Å². The van der Waals surface area contributed by atoms with E-state index in [0.29, 0.717) is 5.82 Å². The Morgan fingerprint density at radius 1 is 1.35 bits per heavy atom. The number of rotatable bonds is 4. The third-order valence-corrected chi connectivity index (χ3v) is 3.33. The molecule has 0 aliphatic heterocycles. The van der Waals surface area contributed by atoms with Crippen molar-refractivity contribution in [3.63, 3.8) is 0 Å². The summed E-state index contributed by atoms with van der Waals surface area (Å²) in [6.45, 7) is 0. The molecule has 1 heterocycles. The number of nitrogens with one attached hydrogen (secondary N) is 1. The molecule has 1 saturated carbocycles. The molecule has 17 heavy (non-hydrogen) atoms. The summed E-state index contributed by atoms with van der Waals surface area (Å²) in [5, 5.41) is 14.0. The summed E-state index contributed by atoms with van der Waals surface area (Å²) in [4.78, 5) is 0. The Hall–Kier alpha value is -1.75. The predicted molar refractivity (Wildman–Crippen MR) is 64.1 cm³/mol. The minimum absolute atomic E-state index is 0.113. The van der Waals surface area contributed by atoms with E-state index in [-0.39, 0.29) is 5.54 Å². The fourth-order valence-electron chi connectivity index (χ4n) is 1.95. The van der Waals surface area contributed by atoms with Crippen LogP contribution in [0.3, 0.4) is 0 Å². The average molecular weight is 229 g/mol. The standard InChI is InChI=1S/C12H15N5/c13-12(6-7-12)5-4-9-2-1-3-10(8-9)11-14-16-17-15-11/h1-3,8H,4-7,13H2,(H,14,15,16,17). The van der Waals surface area contributed by atoms with Gasteiger partial charge in [0.1, 0.15) is 0 Å². The molecular formula is C12H15N5. The Balaban J connectivity index is 1.75. The molecule has 88 valence electrons. The van der Waals surface area contributed by atoms with Gasteiger partial charge in [-0.3, -0.25) is 0 Å². The van der Waals surface area contributed by atoms with Gasteiger partial charge in [0, 0.05) is 11.1 Å². The third kappa shape index (κ3) is 2.34. The van der Waals surface area contributed by atoms with E-state index in [1.807, 2.05) is 12.1 Å². The molecule has 0 unspecified atom stereocenters. The lowest BCUT2D eigenvalue weighted by atomic mass is 10.0. The molecule has 0 amide bonds. The Bertz CT molecular complexity index is 501. The first-order valence-corrected chi connectivity index (χ1v) is 5.87. The molecule has 0 saturated heterocycles. The van der Waals surface area contributed by atoms with E-state index in [0.717, 1.165) is 31.2 Å². The smallest absolute Gasteiger partial charge is 0.204 e. The summed E-state index contributed by atoms with van der Waals surface area (Å²) in [6.07, 6.45) is 4.40.